The third kappa shape index (κ3) is 1.09. The Balaban J connectivity index is 2.76. The molecule has 0 saturated carbocycles. The molecule has 0 aliphatic carbocycles. The monoisotopic (exact) mass is 196 g/mol. The molecule has 0 radical (unpaired) electrons. The number of carbonyl (C=O) groups excluding carboxylic acids is 1. The molecule has 2 heterocycles. The Morgan fingerprint density at radius 1 is 1.50 bits per heavy atom. The summed E-state index contributed by atoms with van der Waals surface area (Å²) in [7, 11) is 0. The maximum absolute atomic E-state index is 11.1. The van der Waals surface area contributed by atoms with Crippen LogP contribution in [0.1, 0.15) is 22.2 Å². The van der Waals surface area contributed by atoms with Crippen molar-refractivity contribution in [1.82, 2.24) is 0 Å². The van der Waals surface area contributed by atoms with Gasteiger partial charge in [-0.3, -0.25) is 4.79 Å². The fraction of sp³-hybridized carbons (Fsp3) is 0.222. The summed E-state index contributed by atoms with van der Waals surface area (Å²) in [4.78, 5) is 12.4. The molecule has 0 spiro atoms. The number of ketones is 1. The van der Waals surface area contributed by atoms with Gasteiger partial charge in [-0.2, -0.15) is 0 Å². The van der Waals surface area contributed by atoms with E-state index in [2.05, 4.69) is 13.0 Å². The van der Waals surface area contributed by atoms with Crippen molar-refractivity contribution in [2.24, 2.45) is 0 Å². The van der Waals surface area contributed by atoms with Gasteiger partial charge in [0.1, 0.15) is 0 Å². The highest BCUT2D eigenvalue weighted by molar-refractivity contribution is 7.37. The van der Waals surface area contributed by atoms with Crippen molar-refractivity contribution < 1.29 is 4.79 Å². The van der Waals surface area contributed by atoms with Crippen LogP contribution in [0.25, 0.3) is 9.40 Å². The van der Waals surface area contributed by atoms with Crippen molar-refractivity contribution >= 4 is 37.9 Å². The summed E-state index contributed by atoms with van der Waals surface area (Å²) < 4.78 is 1.26. The summed E-state index contributed by atoms with van der Waals surface area (Å²) in [5, 5.41) is 3.08. The third-order valence-corrected chi connectivity index (χ3v) is 3.95. The molecule has 0 unspecified atom stereocenters. The standard InChI is InChI=1S/C9H8OS2/c1-5-3-7-8(6(2)10)4-11-9(7)12-5/h3-4H,1-2H3. The highest BCUT2D eigenvalue weighted by Gasteiger charge is 2.09. The third-order valence-electron chi connectivity index (χ3n) is 1.77. The lowest BCUT2D eigenvalue weighted by Gasteiger charge is -1.85. The van der Waals surface area contributed by atoms with E-state index in [-0.39, 0.29) is 5.78 Å². The Morgan fingerprint density at radius 3 is 2.92 bits per heavy atom. The van der Waals surface area contributed by atoms with E-state index in [9.17, 15) is 4.79 Å². The molecule has 0 fully saturated rings. The minimum atomic E-state index is 0.166. The molecule has 0 saturated heterocycles. The second kappa shape index (κ2) is 2.68. The minimum Gasteiger partial charge on any atom is -0.294 e. The zero-order chi connectivity index (χ0) is 8.72. The van der Waals surface area contributed by atoms with Gasteiger partial charge in [-0.05, 0) is 19.9 Å². The summed E-state index contributed by atoms with van der Waals surface area (Å²) >= 11 is 3.42. The van der Waals surface area contributed by atoms with E-state index in [1.807, 2.05) is 5.38 Å². The van der Waals surface area contributed by atoms with Crippen molar-refractivity contribution in [3.8, 4) is 0 Å². The summed E-state index contributed by atoms with van der Waals surface area (Å²) in [5.41, 5.74) is 0.874. The summed E-state index contributed by atoms with van der Waals surface area (Å²) in [5.74, 6) is 0.166. The zero-order valence-electron chi connectivity index (χ0n) is 6.88. The highest BCUT2D eigenvalue weighted by Crippen LogP contribution is 2.33. The number of Topliss-reactive ketones (excluding diaryl/α,β-unsaturated/α-hetero) is 1. The molecule has 0 aliphatic rings. The van der Waals surface area contributed by atoms with E-state index < -0.39 is 0 Å². The first-order chi connectivity index (χ1) is 5.68. The lowest BCUT2D eigenvalue weighted by atomic mass is 10.2. The molecule has 0 aliphatic heterocycles. The molecule has 0 bridgehead atoms. The van der Waals surface area contributed by atoms with Crippen molar-refractivity contribution in [2.75, 3.05) is 0 Å². The van der Waals surface area contributed by atoms with Crippen molar-refractivity contribution in [2.45, 2.75) is 13.8 Å². The van der Waals surface area contributed by atoms with Crippen LogP contribution < -0.4 is 0 Å². The molecule has 0 N–H and O–H groups in total. The predicted octanol–water partition coefficient (Wildman–Crippen LogP) is 3.47. The van der Waals surface area contributed by atoms with E-state index in [4.69, 9.17) is 0 Å². The van der Waals surface area contributed by atoms with E-state index in [0.717, 1.165) is 10.9 Å². The Labute approximate surface area is 78.7 Å². The van der Waals surface area contributed by atoms with Gasteiger partial charge in [-0.15, -0.1) is 22.7 Å². The molecule has 0 aromatic carbocycles. The lowest BCUT2D eigenvalue weighted by Crippen LogP contribution is -1.87. The lowest BCUT2D eigenvalue weighted by molar-refractivity contribution is 0.101. The number of hydrogen-bond acceptors (Lipinski definition) is 3. The number of rotatable bonds is 1. The highest BCUT2D eigenvalue weighted by atomic mass is 32.2. The molecule has 12 heavy (non-hydrogen) atoms. The van der Waals surface area contributed by atoms with Crippen LogP contribution in [-0.2, 0) is 0 Å². The second-order valence-corrected chi connectivity index (χ2v) is 5.16. The molecule has 62 valence electrons. The van der Waals surface area contributed by atoms with Gasteiger partial charge in [-0.25, -0.2) is 0 Å². The maximum Gasteiger partial charge on any atom is 0.161 e. The molecule has 2 rings (SSSR count). The van der Waals surface area contributed by atoms with Crippen LogP contribution in [0.15, 0.2) is 11.4 Å². The number of aryl methyl sites for hydroxylation is 1. The maximum atomic E-state index is 11.1. The van der Waals surface area contributed by atoms with Gasteiger partial charge in [0.15, 0.2) is 5.78 Å². The SMILES string of the molecule is CC(=O)c1csc2sc(C)cc12. The van der Waals surface area contributed by atoms with Gasteiger partial charge >= 0.3 is 0 Å². The Hall–Kier alpha value is -0.670. The molecule has 0 atom stereocenters. The molecule has 1 nitrogen and oxygen atoms in total. The largest absolute Gasteiger partial charge is 0.294 e. The van der Waals surface area contributed by atoms with Crippen LogP contribution in [-0.4, -0.2) is 5.78 Å². The summed E-state index contributed by atoms with van der Waals surface area (Å²) in [6.45, 7) is 3.69. The predicted molar refractivity (Wildman–Crippen MR) is 54.4 cm³/mol. The van der Waals surface area contributed by atoms with Crippen LogP contribution in [0.4, 0.5) is 0 Å². The van der Waals surface area contributed by atoms with Gasteiger partial charge in [0.25, 0.3) is 0 Å². The van der Waals surface area contributed by atoms with E-state index in [0.29, 0.717) is 0 Å². The van der Waals surface area contributed by atoms with Gasteiger partial charge in [-0.1, -0.05) is 0 Å². The first kappa shape index (κ1) is 7.95. The molecular formula is C9H8OS2. The van der Waals surface area contributed by atoms with Gasteiger partial charge < -0.3 is 0 Å². The van der Waals surface area contributed by atoms with Gasteiger partial charge in [0.2, 0.25) is 0 Å². The summed E-state index contributed by atoms with van der Waals surface area (Å²) in [6, 6.07) is 2.09. The van der Waals surface area contributed by atoms with Crippen molar-refractivity contribution in [3.63, 3.8) is 0 Å². The zero-order valence-corrected chi connectivity index (χ0v) is 8.51. The molecule has 0 amide bonds. The van der Waals surface area contributed by atoms with Crippen molar-refractivity contribution in [1.29, 1.82) is 0 Å². The number of thiophene rings is 2. The van der Waals surface area contributed by atoms with Gasteiger partial charge in [0, 0.05) is 21.2 Å². The molecule has 2 aromatic heterocycles. The topological polar surface area (TPSA) is 17.1 Å². The summed E-state index contributed by atoms with van der Waals surface area (Å²) in [6.07, 6.45) is 0. The van der Waals surface area contributed by atoms with Crippen LogP contribution in [0.5, 0.6) is 0 Å². The van der Waals surface area contributed by atoms with Crippen molar-refractivity contribution in [3.05, 3.63) is 21.9 Å². The van der Waals surface area contributed by atoms with Crippen LogP contribution >= 0.6 is 22.7 Å². The normalized spacial score (nSPS) is 10.8. The second-order valence-electron chi connectivity index (χ2n) is 2.76. The average molecular weight is 196 g/mol. The Bertz CT molecular complexity index is 436. The Morgan fingerprint density at radius 2 is 2.25 bits per heavy atom. The first-order valence-electron chi connectivity index (χ1n) is 3.67. The quantitative estimate of drug-likeness (QED) is 0.638. The van der Waals surface area contributed by atoms with Crippen LogP contribution in [0.3, 0.4) is 0 Å². The number of hydrogen-bond donors (Lipinski definition) is 0. The van der Waals surface area contributed by atoms with Crippen LogP contribution in [0.2, 0.25) is 0 Å². The fourth-order valence-corrected chi connectivity index (χ4v) is 3.51. The van der Waals surface area contributed by atoms with E-state index in [1.54, 1.807) is 29.6 Å². The van der Waals surface area contributed by atoms with Crippen LogP contribution in [0, 0.1) is 6.92 Å². The van der Waals surface area contributed by atoms with Gasteiger partial charge in [0.05, 0.1) is 4.01 Å². The fourth-order valence-electron chi connectivity index (χ4n) is 1.22. The average Bonchev–Trinajstić information content (AvgIpc) is 2.43. The number of fused-ring (bicyclic) bond motifs is 1. The first-order valence-corrected chi connectivity index (χ1v) is 5.36. The minimum absolute atomic E-state index is 0.166. The van der Waals surface area contributed by atoms with E-state index in [1.165, 1.54) is 8.89 Å². The number of carbonyl (C=O) groups is 1. The van der Waals surface area contributed by atoms with E-state index >= 15 is 0 Å². The Kier molecular flexibility index (Phi) is 1.77. The molecule has 2 aromatic rings. The molecule has 3 heteroatoms. The molecular weight excluding hydrogens is 188 g/mol. The smallest absolute Gasteiger partial charge is 0.161 e.